The van der Waals surface area contributed by atoms with Crippen LogP contribution < -0.4 is 0 Å². The second-order valence-corrected chi connectivity index (χ2v) is 9.01. The van der Waals surface area contributed by atoms with Crippen molar-refractivity contribution in [2.45, 2.75) is 39.4 Å². The van der Waals surface area contributed by atoms with Gasteiger partial charge in [-0.15, -0.1) is 0 Å². The lowest BCUT2D eigenvalue weighted by molar-refractivity contribution is -0.147. The number of likely N-dealkylation sites (tertiary alicyclic amines) is 1. The van der Waals surface area contributed by atoms with Crippen molar-refractivity contribution in [3.8, 4) is 0 Å². The van der Waals surface area contributed by atoms with Crippen LogP contribution >= 0.6 is 0 Å². The van der Waals surface area contributed by atoms with Crippen molar-refractivity contribution in [3.63, 3.8) is 0 Å². The molecular weight excluding hydrogens is 457 g/mol. The van der Waals surface area contributed by atoms with Gasteiger partial charge in [-0.25, -0.2) is 9.97 Å². The van der Waals surface area contributed by atoms with Crippen LogP contribution in [0.25, 0.3) is 17.2 Å². The number of ether oxygens (including phenoxy) is 1. The van der Waals surface area contributed by atoms with E-state index in [4.69, 9.17) is 4.74 Å². The number of aryl methyl sites for hydroxylation is 2. The molecule has 0 bridgehead atoms. The van der Waals surface area contributed by atoms with Gasteiger partial charge in [0.1, 0.15) is 5.52 Å². The Morgan fingerprint density at radius 3 is 2.46 bits per heavy atom. The molecule has 2 aromatic heterocycles. The molecule has 186 valence electrons. The van der Waals surface area contributed by atoms with Gasteiger partial charge in [0, 0.05) is 12.2 Å². The molecule has 0 atom stereocenters. The van der Waals surface area contributed by atoms with Gasteiger partial charge in [-0.05, 0) is 62.5 Å². The number of hydrogen-bond acceptors (Lipinski definition) is 5. The lowest BCUT2D eigenvalue weighted by Gasteiger charge is -2.29. The van der Waals surface area contributed by atoms with Crippen LogP contribution in [0.4, 0.5) is 13.2 Å². The van der Waals surface area contributed by atoms with Crippen molar-refractivity contribution >= 4 is 23.2 Å². The van der Waals surface area contributed by atoms with E-state index in [2.05, 4.69) is 20.9 Å². The number of carbonyl (C=O) groups is 1. The van der Waals surface area contributed by atoms with Gasteiger partial charge in [-0.1, -0.05) is 36.4 Å². The standard InChI is InChI=1S/C26H29F3N4O2/c1-17-15-18(2)30-23-22(17)31-25(26(27,28)29)33(23)16-20-8-6-19(7-9-20)5-4-12-32-13-10-21(11-14-32)24(34)35-3/h4-9,15,21H,10-14,16H2,1-3H3. The number of esters is 1. The molecule has 3 aromatic rings. The van der Waals surface area contributed by atoms with Gasteiger partial charge < -0.3 is 9.30 Å². The summed E-state index contributed by atoms with van der Waals surface area (Å²) in [5.41, 5.74) is 3.55. The van der Waals surface area contributed by atoms with E-state index >= 15 is 0 Å². The van der Waals surface area contributed by atoms with Crippen LogP contribution in [0, 0.1) is 19.8 Å². The number of rotatable bonds is 6. The monoisotopic (exact) mass is 486 g/mol. The molecule has 4 rings (SSSR count). The number of hydrogen-bond donors (Lipinski definition) is 0. The number of alkyl halides is 3. The number of carbonyl (C=O) groups excluding carboxylic acids is 1. The van der Waals surface area contributed by atoms with Crippen LogP contribution in [0.15, 0.2) is 36.4 Å². The Kier molecular flexibility index (Phi) is 7.25. The highest BCUT2D eigenvalue weighted by molar-refractivity contribution is 5.76. The molecule has 1 aromatic carbocycles. The molecule has 6 nitrogen and oxygen atoms in total. The summed E-state index contributed by atoms with van der Waals surface area (Å²) in [5.74, 6) is -1.08. The predicted octanol–water partition coefficient (Wildman–Crippen LogP) is 5.01. The molecule has 1 saturated heterocycles. The Balaban J connectivity index is 1.43. The van der Waals surface area contributed by atoms with Crippen molar-refractivity contribution in [2.75, 3.05) is 26.7 Å². The van der Waals surface area contributed by atoms with Gasteiger partial charge in [0.15, 0.2) is 5.65 Å². The van der Waals surface area contributed by atoms with Crippen molar-refractivity contribution < 1.29 is 22.7 Å². The molecule has 0 saturated carbocycles. The summed E-state index contributed by atoms with van der Waals surface area (Å²) in [6.07, 6.45) is 1.08. The van der Waals surface area contributed by atoms with E-state index in [1.54, 1.807) is 19.9 Å². The van der Waals surface area contributed by atoms with E-state index in [0.717, 1.165) is 48.2 Å². The van der Waals surface area contributed by atoms with Gasteiger partial charge in [0.05, 0.1) is 19.6 Å². The Morgan fingerprint density at radius 1 is 1.14 bits per heavy atom. The van der Waals surface area contributed by atoms with E-state index in [9.17, 15) is 18.0 Å². The summed E-state index contributed by atoms with van der Waals surface area (Å²) in [5, 5.41) is 0. The Morgan fingerprint density at radius 2 is 1.83 bits per heavy atom. The fourth-order valence-corrected chi connectivity index (χ4v) is 4.54. The topological polar surface area (TPSA) is 60.2 Å². The maximum absolute atomic E-state index is 13.7. The van der Waals surface area contributed by atoms with Gasteiger partial charge in [-0.3, -0.25) is 9.69 Å². The minimum absolute atomic E-state index is 0.0127. The van der Waals surface area contributed by atoms with Crippen LogP contribution in [-0.4, -0.2) is 52.1 Å². The van der Waals surface area contributed by atoms with Crippen LogP contribution in [0.1, 0.15) is 41.1 Å². The van der Waals surface area contributed by atoms with Crippen molar-refractivity contribution in [1.82, 2.24) is 19.4 Å². The van der Waals surface area contributed by atoms with E-state index in [1.807, 2.05) is 30.3 Å². The molecule has 1 aliphatic rings. The van der Waals surface area contributed by atoms with E-state index in [0.29, 0.717) is 11.3 Å². The molecule has 1 fully saturated rings. The maximum Gasteiger partial charge on any atom is 0.449 e. The van der Waals surface area contributed by atoms with Crippen molar-refractivity contribution in [3.05, 3.63) is 64.6 Å². The summed E-state index contributed by atoms with van der Waals surface area (Å²) in [6, 6.07) is 9.19. The highest BCUT2D eigenvalue weighted by Gasteiger charge is 2.38. The highest BCUT2D eigenvalue weighted by atomic mass is 19.4. The first kappa shape index (κ1) is 24.9. The quantitative estimate of drug-likeness (QED) is 0.459. The fourth-order valence-electron chi connectivity index (χ4n) is 4.54. The summed E-state index contributed by atoms with van der Waals surface area (Å²) in [4.78, 5) is 22.1. The Hall–Kier alpha value is -3.20. The number of piperidine rings is 1. The highest BCUT2D eigenvalue weighted by Crippen LogP contribution is 2.32. The maximum atomic E-state index is 13.7. The third-order valence-corrected chi connectivity index (χ3v) is 6.39. The normalized spacial score (nSPS) is 15.8. The number of benzene rings is 1. The zero-order valence-corrected chi connectivity index (χ0v) is 20.1. The number of imidazole rings is 1. The molecule has 0 N–H and O–H groups in total. The zero-order chi connectivity index (χ0) is 25.2. The second-order valence-electron chi connectivity index (χ2n) is 9.01. The molecule has 0 unspecified atom stereocenters. The summed E-state index contributed by atoms with van der Waals surface area (Å²) in [7, 11) is 1.42. The summed E-state index contributed by atoms with van der Waals surface area (Å²) >= 11 is 0. The molecule has 0 spiro atoms. The number of pyridine rings is 1. The van der Waals surface area contributed by atoms with Crippen LogP contribution in [0.3, 0.4) is 0 Å². The molecule has 3 heterocycles. The third kappa shape index (κ3) is 5.73. The first-order valence-electron chi connectivity index (χ1n) is 11.6. The fraction of sp³-hybridized carbons (Fsp3) is 0.423. The number of aromatic nitrogens is 3. The summed E-state index contributed by atoms with van der Waals surface area (Å²) < 4.78 is 47.1. The largest absolute Gasteiger partial charge is 0.469 e. The van der Waals surface area contributed by atoms with Crippen molar-refractivity contribution in [2.24, 2.45) is 5.92 Å². The average Bonchev–Trinajstić information content (AvgIpc) is 3.19. The molecule has 1 aliphatic heterocycles. The Bertz CT molecular complexity index is 1220. The number of nitrogens with zero attached hydrogens (tertiary/aromatic N) is 4. The van der Waals surface area contributed by atoms with Gasteiger partial charge in [0.25, 0.3) is 0 Å². The number of halogens is 3. The molecule has 0 radical (unpaired) electrons. The van der Waals surface area contributed by atoms with Crippen LogP contribution in [0.2, 0.25) is 0 Å². The lowest BCUT2D eigenvalue weighted by atomic mass is 9.97. The van der Waals surface area contributed by atoms with E-state index in [1.165, 1.54) is 7.11 Å². The molecule has 0 aliphatic carbocycles. The number of methoxy groups -OCH3 is 1. The lowest BCUT2D eigenvalue weighted by Crippen LogP contribution is -2.36. The van der Waals surface area contributed by atoms with Gasteiger partial charge in [-0.2, -0.15) is 13.2 Å². The predicted molar refractivity (Wildman–Crippen MR) is 128 cm³/mol. The Labute approximate surface area is 202 Å². The first-order chi connectivity index (χ1) is 16.7. The van der Waals surface area contributed by atoms with Crippen LogP contribution in [-0.2, 0) is 22.3 Å². The first-order valence-corrected chi connectivity index (χ1v) is 11.6. The van der Waals surface area contributed by atoms with E-state index in [-0.39, 0.29) is 29.6 Å². The number of fused-ring (bicyclic) bond motifs is 1. The van der Waals surface area contributed by atoms with Crippen molar-refractivity contribution in [1.29, 1.82) is 0 Å². The third-order valence-electron chi connectivity index (χ3n) is 6.39. The minimum Gasteiger partial charge on any atom is -0.469 e. The SMILES string of the molecule is COC(=O)C1CCN(CC=Cc2ccc(Cn3c(C(F)(F)F)nc4c(C)cc(C)nc43)cc2)CC1. The zero-order valence-electron chi connectivity index (χ0n) is 20.1. The second kappa shape index (κ2) is 10.2. The molecule has 35 heavy (non-hydrogen) atoms. The van der Waals surface area contributed by atoms with Gasteiger partial charge in [0.2, 0.25) is 5.82 Å². The average molecular weight is 487 g/mol. The smallest absolute Gasteiger partial charge is 0.449 e. The van der Waals surface area contributed by atoms with E-state index < -0.39 is 12.0 Å². The molecular formula is C26H29F3N4O2. The van der Waals surface area contributed by atoms with Gasteiger partial charge >= 0.3 is 12.1 Å². The summed E-state index contributed by atoms with van der Waals surface area (Å²) in [6.45, 7) is 6.00. The molecule has 0 amide bonds. The molecule has 9 heteroatoms. The van der Waals surface area contributed by atoms with Crippen LogP contribution in [0.5, 0.6) is 0 Å². The minimum atomic E-state index is -4.57.